The molecule has 0 unspecified atom stereocenters. The smallest absolute Gasteiger partial charge is 0.279 e. The summed E-state index contributed by atoms with van der Waals surface area (Å²) >= 11 is 0. The Balaban J connectivity index is 1.50. The van der Waals surface area contributed by atoms with E-state index in [4.69, 9.17) is 0 Å². The van der Waals surface area contributed by atoms with E-state index in [0.717, 1.165) is 24.9 Å². The zero-order valence-corrected chi connectivity index (χ0v) is 15.4. The third-order valence-corrected chi connectivity index (χ3v) is 6.72. The lowest BCUT2D eigenvalue weighted by atomic mass is 10.0. The molecule has 1 aromatic rings. The first-order valence-electron chi connectivity index (χ1n) is 9.08. The minimum Gasteiger partial charge on any atom is -0.299 e. The fourth-order valence-corrected chi connectivity index (χ4v) is 4.68. The number of nitrogens with zero attached hydrogens (tertiary/aromatic N) is 2. The number of nitrogens with one attached hydrogen (secondary N) is 1. The number of rotatable bonds is 6. The number of hydrogen-bond acceptors (Lipinski definition) is 3. The van der Waals surface area contributed by atoms with Gasteiger partial charge in [-0.25, -0.2) is 0 Å². The molecule has 134 valence electrons. The van der Waals surface area contributed by atoms with Crippen molar-refractivity contribution in [1.82, 2.24) is 13.9 Å². The van der Waals surface area contributed by atoms with Crippen LogP contribution in [0.1, 0.15) is 43.7 Å². The summed E-state index contributed by atoms with van der Waals surface area (Å²) in [7, 11) is -3.36. The van der Waals surface area contributed by atoms with Crippen molar-refractivity contribution in [2.45, 2.75) is 45.7 Å². The quantitative estimate of drug-likeness (QED) is 0.856. The highest BCUT2D eigenvalue weighted by molar-refractivity contribution is 7.87. The molecule has 0 amide bonds. The fourth-order valence-electron chi connectivity index (χ4n) is 3.45. The van der Waals surface area contributed by atoms with E-state index >= 15 is 0 Å². The molecule has 0 spiro atoms. The van der Waals surface area contributed by atoms with Gasteiger partial charge in [-0.3, -0.25) is 4.90 Å². The highest BCUT2D eigenvalue weighted by Crippen LogP contribution is 2.18. The molecule has 0 radical (unpaired) electrons. The average Bonchev–Trinajstić information content (AvgIpc) is 3.08. The Kier molecular flexibility index (Phi) is 5.92. The topological polar surface area (TPSA) is 52.7 Å². The first kappa shape index (κ1) is 17.9. The van der Waals surface area contributed by atoms with Crippen LogP contribution in [0.5, 0.6) is 0 Å². The summed E-state index contributed by atoms with van der Waals surface area (Å²) in [5.74, 6) is 0.625. The first-order chi connectivity index (χ1) is 11.5. The van der Waals surface area contributed by atoms with Crippen LogP contribution in [-0.2, 0) is 23.3 Å². The zero-order chi connectivity index (χ0) is 17.0. The molecule has 2 aliphatic heterocycles. The summed E-state index contributed by atoms with van der Waals surface area (Å²) in [5, 5.41) is 0. The molecule has 1 aromatic carbocycles. The molecule has 0 bridgehead atoms. The Morgan fingerprint density at radius 2 is 1.58 bits per heavy atom. The van der Waals surface area contributed by atoms with E-state index in [1.54, 1.807) is 4.31 Å². The molecule has 3 rings (SSSR count). The maximum absolute atomic E-state index is 12.4. The zero-order valence-electron chi connectivity index (χ0n) is 14.6. The number of likely N-dealkylation sites (tertiary alicyclic amines) is 1. The van der Waals surface area contributed by atoms with E-state index in [1.807, 2.05) is 12.1 Å². The molecule has 6 heteroatoms. The van der Waals surface area contributed by atoms with Gasteiger partial charge in [0.15, 0.2) is 0 Å². The summed E-state index contributed by atoms with van der Waals surface area (Å²) in [6, 6.07) is 8.30. The van der Waals surface area contributed by atoms with Gasteiger partial charge in [0.05, 0.1) is 0 Å². The van der Waals surface area contributed by atoms with Crippen LogP contribution in [0.3, 0.4) is 0 Å². The van der Waals surface area contributed by atoms with E-state index in [-0.39, 0.29) is 0 Å². The summed E-state index contributed by atoms with van der Waals surface area (Å²) in [6.45, 7) is 7.18. The summed E-state index contributed by atoms with van der Waals surface area (Å²) in [5.41, 5.74) is 2.31. The Morgan fingerprint density at radius 1 is 1.00 bits per heavy atom. The molecule has 2 aliphatic rings. The van der Waals surface area contributed by atoms with Crippen molar-refractivity contribution in [2.75, 3.05) is 26.2 Å². The van der Waals surface area contributed by atoms with Crippen molar-refractivity contribution in [3.63, 3.8) is 0 Å². The number of piperidine rings is 1. The minimum atomic E-state index is -3.36. The Morgan fingerprint density at radius 3 is 2.21 bits per heavy atom. The van der Waals surface area contributed by atoms with Gasteiger partial charge in [0, 0.05) is 26.2 Å². The predicted octanol–water partition coefficient (Wildman–Crippen LogP) is 2.35. The van der Waals surface area contributed by atoms with Gasteiger partial charge < -0.3 is 0 Å². The average molecular weight is 352 g/mol. The number of hydrogen-bond donors (Lipinski definition) is 1. The van der Waals surface area contributed by atoms with Crippen LogP contribution >= 0.6 is 0 Å². The molecule has 24 heavy (non-hydrogen) atoms. The van der Waals surface area contributed by atoms with Crippen molar-refractivity contribution in [2.24, 2.45) is 5.92 Å². The molecule has 0 atom stereocenters. The second-order valence-electron chi connectivity index (χ2n) is 7.21. The standard InChI is InChI=1S/C18H29N3O2S/c1-16-8-12-21(13-9-16)24(22,23)19-14-17-4-6-18(7-5-17)15-20-10-2-3-11-20/h4-7,16,19H,2-3,8-15H2,1H3. The third-order valence-electron chi connectivity index (χ3n) is 5.17. The van der Waals surface area contributed by atoms with Crippen LogP contribution in [0.4, 0.5) is 0 Å². The van der Waals surface area contributed by atoms with Crippen molar-refractivity contribution in [3.05, 3.63) is 35.4 Å². The summed E-state index contributed by atoms with van der Waals surface area (Å²) in [6.07, 6.45) is 4.50. The van der Waals surface area contributed by atoms with E-state index in [2.05, 4.69) is 28.7 Å². The van der Waals surface area contributed by atoms with Gasteiger partial charge in [-0.15, -0.1) is 0 Å². The van der Waals surface area contributed by atoms with Crippen molar-refractivity contribution < 1.29 is 8.42 Å². The fraction of sp³-hybridized carbons (Fsp3) is 0.667. The van der Waals surface area contributed by atoms with Crippen molar-refractivity contribution in [3.8, 4) is 0 Å². The largest absolute Gasteiger partial charge is 0.299 e. The second-order valence-corrected chi connectivity index (χ2v) is 8.96. The first-order valence-corrected chi connectivity index (χ1v) is 10.5. The van der Waals surface area contributed by atoms with E-state index < -0.39 is 10.2 Å². The van der Waals surface area contributed by atoms with Gasteiger partial charge >= 0.3 is 0 Å². The highest BCUT2D eigenvalue weighted by Gasteiger charge is 2.25. The van der Waals surface area contributed by atoms with E-state index in [9.17, 15) is 8.42 Å². The minimum absolute atomic E-state index is 0.360. The lowest BCUT2D eigenvalue weighted by Gasteiger charge is -2.29. The predicted molar refractivity (Wildman–Crippen MR) is 96.7 cm³/mol. The van der Waals surface area contributed by atoms with Gasteiger partial charge in [-0.1, -0.05) is 31.2 Å². The third kappa shape index (κ3) is 4.79. The molecule has 2 heterocycles. The molecule has 2 fully saturated rings. The van der Waals surface area contributed by atoms with E-state index in [0.29, 0.717) is 25.6 Å². The molecule has 5 nitrogen and oxygen atoms in total. The van der Waals surface area contributed by atoms with Gasteiger partial charge in [0.2, 0.25) is 0 Å². The molecular weight excluding hydrogens is 322 g/mol. The van der Waals surface area contributed by atoms with Crippen LogP contribution in [0.25, 0.3) is 0 Å². The summed E-state index contributed by atoms with van der Waals surface area (Å²) < 4.78 is 29.1. The molecule has 1 N–H and O–H groups in total. The SMILES string of the molecule is CC1CCN(S(=O)(=O)NCc2ccc(CN3CCCC3)cc2)CC1. The van der Waals surface area contributed by atoms with Gasteiger partial charge in [0.1, 0.15) is 0 Å². The van der Waals surface area contributed by atoms with Crippen molar-refractivity contribution >= 4 is 10.2 Å². The molecule has 0 aliphatic carbocycles. The lowest BCUT2D eigenvalue weighted by Crippen LogP contribution is -2.44. The monoisotopic (exact) mass is 351 g/mol. The maximum atomic E-state index is 12.4. The Labute approximate surface area is 146 Å². The normalized spacial score (nSPS) is 21.4. The van der Waals surface area contributed by atoms with Crippen LogP contribution in [-0.4, -0.2) is 43.8 Å². The van der Waals surface area contributed by atoms with Crippen LogP contribution in [0.2, 0.25) is 0 Å². The molecule has 2 saturated heterocycles. The molecular formula is C18H29N3O2S. The van der Waals surface area contributed by atoms with Gasteiger partial charge in [-0.2, -0.15) is 17.4 Å². The van der Waals surface area contributed by atoms with Crippen LogP contribution in [0.15, 0.2) is 24.3 Å². The van der Waals surface area contributed by atoms with Gasteiger partial charge in [-0.05, 0) is 55.8 Å². The summed E-state index contributed by atoms with van der Waals surface area (Å²) in [4.78, 5) is 2.47. The molecule has 0 aromatic heterocycles. The van der Waals surface area contributed by atoms with Crippen LogP contribution in [0, 0.1) is 5.92 Å². The van der Waals surface area contributed by atoms with E-state index in [1.165, 1.54) is 31.5 Å². The maximum Gasteiger partial charge on any atom is 0.279 e. The second kappa shape index (κ2) is 7.95. The highest BCUT2D eigenvalue weighted by atomic mass is 32.2. The van der Waals surface area contributed by atoms with Gasteiger partial charge in [0.25, 0.3) is 10.2 Å². The van der Waals surface area contributed by atoms with Crippen LogP contribution < -0.4 is 4.72 Å². The van der Waals surface area contributed by atoms with Crippen molar-refractivity contribution in [1.29, 1.82) is 0 Å². The lowest BCUT2D eigenvalue weighted by molar-refractivity contribution is 0.285. The Bertz CT molecular complexity index is 616. The molecule has 0 saturated carbocycles. The Hall–Kier alpha value is -0.950. The number of benzene rings is 1.